The molecule has 2 aromatic rings. The molecule has 2 unspecified atom stereocenters. The molecule has 0 aromatic heterocycles. The lowest BCUT2D eigenvalue weighted by molar-refractivity contribution is -0.149. The van der Waals surface area contributed by atoms with Crippen LogP contribution in [0.1, 0.15) is 83.2 Å². The van der Waals surface area contributed by atoms with Gasteiger partial charge in [0.25, 0.3) is 0 Å². The third-order valence-electron chi connectivity index (χ3n) is 6.49. The smallest absolute Gasteiger partial charge is 0.408 e. The number of aromatic hydroxyl groups is 1. The van der Waals surface area contributed by atoms with E-state index in [2.05, 4.69) is 10.6 Å². The molecule has 2 aromatic carbocycles. The Kier molecular flexibility index (Phi) is 12.2. The molecule has 3 N–H and O–H groups in total. The predicted molar refractivity (Wildman–Crippen MR) is 164 cm³/mol. The van der Waals surface area contributed by atoms with Crippen LogP contribution in [0.5, 0.6) is 5.75 Å². The summed E-state index contributed by atoms with van der Waals surface area (Å²) >= 11 is 0. The number of nitrogens with zero attached hydrogens (tertiary/aromatic N) is 1. The molecule has 2 rings (SSSR count). The molecular weight excluding hydrogens is 550 g/mol. The lowest BCUT2D eigenvalue weighted by atomic mass is 9.91. The number of aryl methyl sites for hydroxylation is 2. The summed E-state index contributed by atoms with van der Waals surface area (Å²) in [5, 5.41) is 15.3. The van der Waals surface area contributed by atoms with Crippen LogP contribution in [0.25, 0.3) is 0 Å². The van der Waals surface area contributed by atoms with Crippen LogP contribution in [0.2, 0.25) is 0 Å². The second-order valence-electron chi connectivity index (χ2n) is 12.6. The Morgan fingerprint density at radius 1 is 0.953 bits per heavy atom. The third kappa shape index (κ3) is 10.9. The van der Waals surface area contributed by atoms with Crippen molar-refractivity contribution in [2.24, 2.45) is 0 Å². The molecule has 0 aliphatic rings. The highest BCUT2D eigenvalue weighted by Crippen LogP contribution is 2.33. The number of rotatable bonds is 11. The highest BCUT2D eigenvalue weighted by molar-refractivity contribution is 5.93. The first-order valence-corrected chi connectivity index (χ1v) is 14.5. The van der Waals surface area contributed by atoms with Crippen molar-refractivity contribution >= 4 is 23.9 Å². The first-order chi connectivity index (χ1) is 19.9. The maximum Gasteiger partial charge on any atom is 0.408 e. The Balaban J connectivity index is 2.61. The van der Waals surface area contributed by atoms with Crippen molar-refractivity contribution in [3.63, 3.8) is 0 Å². The average molecular weight is 598 g/mol. The second kappa shape index (κ2) is 14.9. The molecule has 2 atom stereocenters. The predicted octanol–water partition coefficient (Wildman–Crippen LogP) is 4.88. The Bertz CT molecular complexity index is 1280. The quantitative estimate of drug-likeness (QED) is 0.314. The van der Waals surface area contributed by atoms with E-state index >= 15 is 0 Å². The lowest BCUT2D eigenvalue weighted by Crippen LogP contribution is -2.59. The number of phenolic OH excluding ortho intramolecular Hbond substituents is 1. The minimum absolute atomic E-state index is 0.0216. The average Bonchev–Trinajstić information content (AvgIpc) is 2.87. The van der Waals surface area contributed by atoms with E-state index in [1.165, 1.54) is 17.0 Å². The summed E-state index contributed by atoms with van der Waals surface area (Å²) in [7, 11) is 0. The molecule has 10 heteroatoms. The van der Waals surface area contributed by atoms with Crippen LogP contribution in [0.3, 0.4) is 0 Å². The van der Waals surface area contributed by atoms with Crippen LogP contribution < -0.4 is 10.6 Å². The number of alkyl carbamates (subject to hydrolysis) is 1. The Labute approximate surface area is 255 Å². The summed E-state index contributed by atoms with van der Waals surface area (Å²) < 4.78 is 10.5. The molecule has 0 aliphatic carbocycles. The summed E-state index contributed by atoms with van der Waals surface area (Å²) in [6.07, 6.45) is -0.720. The van der Waals surface area contributed by atoms with Crippen molar-refractivity contribution in [1.29, 1.82) is 0 Å². The van der Waals surface area contributed by atoms with Crippen LogP contribution >= 0.6 is 0 Å². The summed E-state index contributed by atoms with van der Waals surface area (Å²) in [6, 6.07) is 9.82. The van der Waals surface area contributed by atoms with Gasteiger partial charge in [-0.25, -0.2) is 4.79 Å². The van der Waals surface area contributed by atoms with Gasteiger partial charge in [-0.05, 0) is 91.1 Å². The number of carbonyl (C=O) groups is 4. The zero-order valence-corrected chi connectivity index (χ0v) is 26.9. The van der Waals surface area contributed by atoms with E-state index in [-0.39, 0.29) is 31.7 Å². The molecule has 0 saturated carbocycles. The maximum absolute atomic E-state index is 14.6. The standard InChI is InChI=1S/C33H47N3O7/c1-10-42-27(38)17-18-34-29(39)28(25-19-21(2)11-12-22(25)3)36(32(4,5)6)30(40)26(35-31(41)43-33(7,8)9)20-23-13-15-24(37)16-14-23/h11-16,19,26,28,37H,10,17-18,20H2,1-9H3,(H,34,39)(H,35,41). The Hall–Kier alpha value is -4.08. The van der Waals surface area contributed by atoms with Crippen molar-refractivity contribution < 1.29 is 33.8 Å². The van der Waals surface area contributed by atoms with E-state index in [0.717, 1.165) is 11.1 Å². The van der Waals surface area contributed by atoms with E-state index in [4.69, 9.17) is 9.47 Å². The van der Waals surface area contributed by atoms with Gasteiger partial charge in [-0.1, -0.05) is 35.9 Å². The van der Waals surface area contributed by atoms with E-state index < -0.39 is 47.1 Å². The van der Waals surface area contributed by atoms with Gasteiger partial charge < -0.3 is 30.1 Å². The molecule has 43 heavy (non-hydrogen) atoms. The van der Waals surface area contributed by atoms with Crippen LogP contribution in [-0.2, 0) is 30.3 Å². The fourth-order valence-electron chi connectivity index (χ4n) is 4.60. The SMILES string of the molecule is CCOC(=O)CCNC(=O)C(c1cc(C)ccc1C)N(C(=O)C(Cc1ccc(O)cc1)NC(=O)OC(C)(C)C)C(C)(C)C. The van der Waals surface area contributed by atoms with Crippen LogP contribution in [0, 0.1) is 13.8 Å². The Morgan fingerprint density at radius 3 is 2.14 bits per heavy atom. The minimum Gasteiger partial charge on any atom is -0.508 e. The molecule has 10 nitrogen and oxygen atoms in total. The van der Waals surface area contributed by atoms with Crippen molar-refractivity contribution in [3.8, 4) is 5.75 Å². The molecule has 3 amide bonds. The van der Waals surface area contributed by atoms with E-state index in [0.29, 0.717) is 11.1 Å². The number of esters is 1. The first-order valence-electron chi connectivity index (χ1n) is 14.5. The van der Waals surface area contributed by atoms with Gasteiger partial charge in [0.15, 0.2) is 0 Å². The number of hydrogen-bond donors (Lipinski definition) is 3. The summed E-state index contributed by atoms with van der Waals surface area (Å²) in [4.78, 5) is 54.9. The number of hydrogen-bond acceptors (Lipinski definition) is 7. The van der Waals surface area contributed by atoms with Gasteiger partial charge in [-0.15, -0.1) is 0 Å². The van der Waals surface area contributed by atoms with Gasteiger partial charge in [0.2, 0.25) is 11.8 Å². The molecule has 0 saturated heterocycles. The molecule has 236 valence electrons. The van der Waals surface area contributed by atoms with Crippen LogP contribution in [0.4, 0.5) is 4.79 Å². The van der Waals surface area contributed by atoms with Gasteiger partial charge in [0, 0.05) is 18.5 Å². The summed E-state index contributed by atoms with van der Waals surface area (Å²) in [6.45, 7) is 16.4. The fourth-order valence-corrected chi connectivity index (χ4v) is 4.60. The molecule has 0 spiro atoms. The molecule has 0 heterocycles. The van der Waals surface area contributed by atoms with Gasteiger partial charge in [0.1, 0.15) is 23.4 Å². The third-order valence-corrected chi connectivity index (χ3v) is 6.49. The fraction of sp³-hybridized carbons (Fsp3) is 0.515. The highest BCUT2D eigenvalue weighted by Gasteiger charge is 2.42. The number of amides is 3. The van der Waals surface area contributed by atoms with E-state index in [1.54, 1.807) is 39.8 Å². The van der Waals surface area contributed by atoms with Crippen LogP contribution in [-0.4, -0.2) is 64.2 Å². The molecule has 0 bridgehead atoms. The minimum atomic E-state index is -1.11. The molecule has 0 radical (unpaired) electrons. The number of carbonyl (C=O) groups excluding carboxylic acids is 4. The number of ether oxygens (including phenoxy) is 2. The molecule has 0 aliphatic heterocycles. The van der Waals surface area contributed by atoms with Gasteiger partial charge in [0.05, 0.1) is 13.0 Å². The summed E-state index contributed by atoms with van der Waals surface area (Å²) in [5.41, 5.74) is 1.31. The zero-order chi connectivity index (χ0) is 32.5. The van der Waals surface area contributed by atoms with E-state index in [9.17, 15) is 24.3 Å². The number of benzene rings is 2. The van der Waals surface area contributed by atoms with Gasteiger partial charge in [-0.2, -0.15) is 0 Å². The molecular formula is C33H47N3O7. The largest absolute Gasteiger partial charge is 0.508 e. The van der Waals surface area contributed by atoms with Crippen molar-refractivity contribution in [1.82, 2.24) is 15.5 Å². The topological polar surface area (TPSA) is 134 Å². The monoisotopic (exact) mass is 597 g/mol. The second-order valence-corrected chi connectivity index (χ2v) is 12.6. The highest BCUT2D eigenvalue weighted by atomic mass is 16.6. The number of nitrogens with one attached hydrogen (secondary N) is 2. The van der Waals surface area contributed by atoms with Gasteiger partial charge >= 0.3 is 12.1 Å². The maximum atomic E-state index is 14.6. The molecule has 0 fully saturated rings. The van der Waals surface area contributed by atoms with Crippen molar-refractivity contribution in [2.45, 2.75) is 98.4 Å². The zero-order valence-electron chi connectivity index (χ0n) is 26.9. The van der Waals surface area contributed by atoms with Crippen molar-refractivity contribution in [3.05, 3.63) is 64.7 Å². The van der Waals surface area contributed by atoms with E-state index in [1.807, 2.05) is 52.8 Å². The Morgan fingerprint density at radius 2 is 1.58 bits per heavy atom. The van der Waals surface area contributed by atoms with Crippen LogP contribution in [0.15, 0.2) is 42.5 Å². The number of phenols is 1. The summed E-state index contributed by atoms with van der Waals surface area (Å²) in [5.74, 6) is -1.34. The first kappa shape index (κ1) is 35.1. The van der Waals surface area contributed by atoms with Crippen molar-refractivity contribution in [2.75, 3.05) is 13.2 Å². The van der Waals surface area contributed by atoms with Gasteiger partial charge in [-0.3, -0.25) is 14.4 Å². The lowest BCUT2D eigenvalue weighted by Gasteiger charge is -2.43. The normalized spacial score (nSPS) is 13.0.